The van der Waals surface area contributed by atoms with E-state index in [2.05, 4.69) is 36.8 Å². The quantitative estimate of drug-likeness (QED) is 0.111. The standard InChI is InChI=1S/C18H15ClFNO3.C7H12ClN5.C3H8NO5P/c1-3-10(2)24-16-9-15(14(20)8-13(16)19)21-17(22)11-6-4-5-7-12(11)18(21)23;1-3-9-6-11-5(8)12-7(13-6)10-4-2;5-3(6)1-4-2-10(7,8)9/h1,8-10H,4-7H2,2H3;3-4H2,1-2H3,(H2,9,10,11,12,13);4H,1-2H2,(H,5,6)(H2,7,8,9). The average Bonchev–Trinajstić information content (AvgIpc) is 3.23. The van der Waals surface area contributed by atoms with Crippen LogP contribution in [0.1, 0.15) is 46.5 Å². The number of carbonyl (C=O) groups excluding carboxylic acids is 2. The molecule has 2 aliphatic rings. The van der Waals surface area contributed by atoms with Crippen LogP contribution in [0, 0.1) is 18.2 Å². The number of terminal acetylenes is 1. The van der Waals surface area contributed by atoms with E-state index in [0.717, 1.165) is 36.9 Å². The van der Waals surface area contributed by atoms with Crippen molar-refractivity contribution in [1.29, 1.82) is 0 Å². The van der Waals surface area contributed by atoms with E-state index in [9.17, 15) is 23.3 Å². The van der Waals surface area contributed by atoms with Crippen molar-refractivity contribution in [3.8, 4) is 18.1 Å². The van der Waals surface area contributed by atoms with Crippen molar-refractivity contribution in [3.63, 3.8) is 0 Å². The highest BCUT2D eigenvalue weighted by Gasteiger charge is 2.41. The van der Waals surface area contributed by atoms with E-state index in [1.54, 1.807) is 6.92 Å². The average molecular weight is 719 g/mol. The second-order valence-corrected chi connectivity index (χ2v) is 12.1. The minimum Gasteiger partial charge on any atom is -0.480 e. The highest BCUT2D eigenvalue weighted by atomic mass is 35.5. The zero-order valence-electron chi connectivity index (χ0n) is 25.7. The van der Waals surface area contributed by atoms with Crippen LogP contribution in [0.15, 0.2) is 23.3 Å². The van der Waals surface area contributed by atoms with Crippen LogP contribution in [0.3, 0.4) is 0 Å². The molecule has 15 nitrogen and oxygen atoms in total. The first-order valence-electron chi connectivity index (χ1n) is 14.2. The van der Waals surface area contributed by atoms with Gasteiger partial charge in [0.15, 0.2) is 6.10 Å². The molecule has 2 heterocycles. The van der Waals surface area contributed by atoms with Gasteiger partial charge in [0.25, 0.3) is 11.8 Å². The number of aliphatic carboxylic acids is 1. The second kappa shape index (κ2) is 18.5. The molecule has 0 spiro atoms. The number of ether oxygens (including phenoxy) is 1. The molecule has 2 aromatic rings. The molecular formula is C28H35Cl2FN7O8P. The Hall–Kier alpha value is -3.84. The molecule has 19 heteroatoms. The van der Waals surface area contributed by atoms with Crippen LogP contribution in [0.2, 0.25) is 10.3 Å². The summed E-state index contributed by atoms with van der Waals surface area (Å²) in [5, 5.41) is 16.2. The monoisotopic (exact) mass is 717 g/mol. The fourth-order valence-corrected chi connectivity index (χ4v) is 4.85. The Labute approximate surface area is 280 Å². The minimum absolute atomic E-state index is 0.0233. The predicted molar refractivity (Wildman–Crippen MR) is 174 cm³/mol. The minimum atomic E-state index is -4.10. The number of aromatic nitrogens is 3. The molecule has 47 heavy (non-hydrogen) atoms. The fourth-order valence-electron chi connectivity index (χ4n) is 4.10. The van der Waals surface area contributed by atoms with E-state index in [1.165, 1.54) is 6.07 Å². The number of hydrogen-bond acceptors (Lipinski definition) is 11. The lowest BCUT2D eigenvalue weighted by atomic mass is 9.93. The lowest BCUT2D eigenvalue weighted by Crippen LogP contribution is -2.32. The third kappa shape index (κ3) is 12.4. The highest BCUT2D eigenvalue weighted by Crippen LogP contribution is 2.39. The maximum atomic E-state index is 14.4. The summed E-state index contributed by atoms with van der Waals surface area (Å²) in [6.45, 7) is 6.63. The lowest BCUT2D eigenvalue weighted by molar-refractivity contribution is -0.136. The second-order valence-electron chi connectivity index (χ2n) is 9.73. The smallest absolute Gasteiger partial charge is 0.339 e. The molecule has 0 saturated heterocycles. The molecule has 0 saturated carbocycles. The van der Waals surface area contributed by atoms with Gasteiger partial charge in [-0.3, -0.25) is 24.3 Å². The van der Waals surface area contributed by atoms with Crippen molar-refractivity contribution in [1.82, 2.24) is 20.3 Å². The van der Waals surface area contributed by atoms with E-state index in [-0.39, 0.29) is 21.7 Å². The summed E-state index contributed by atoms with van der Waals surface area (Å²) in [7, 11) is -4.10. The van der Waals surface area contributed by atoms with Gasteiger partial charge in [0, 0.05) is 30.3 Å². The predicted octanol–water partition coefficient (Wildman–Crippen LogP) is 3.81. The molecule has 0 radical (unpaired) electrons. The number of carbonyl (C=O) groups is 3. The van der Waals surface area contributed by atoms with Crippen LogP contribution in [0.25, 0.3) is 0 Å². The molecular weight excluding hydrogens is 683 g/mol. The molecule has 0 bridgehead atoms. The Morgan fingerprint density at radius 3 is 2.06 bits per heavy atom. The maximum Gasteiger partial charge on any atom is 0.339 e. The van der Waals surface area contributed by atoms with Gasteiger partial charge in [0.2, 0.25) is 17.2 Å². The van der Waals surface area contributed by atoms with Crippen LogP contribution in [-0.4, -0.2) is 79.7 Å². The molecule has 6 N–H and O–H groups in total. The van der Waals surface area contributed by atoms with Crippen molar-refractivity contribution in [2.75, 3.05) is 41.5 Å². The third-order valence-electron chi connectivity index (χ3n) is 6.04. The molecule has 1 aromatic heterocycles. The number of imide groups is 1. The summed E-state index contributed by atoms with van der Waals surface area (Å²) < 4.78 is 29.9. The van der Waals surface area contributed by atoms with Crippen LogP contribution in [-0.2, 0) is 18.9 Å². The van der Waals surface area contributed by atoms with Crippen molar-refractivity contribution in [2.24, 2.45) is 0 Å². The highest BCUT2D eigenvalue weighted by molar-refractivity contribution is 7.51. The third-order valence-corrected chi connectivity index (χ3v) is 7.14. The van der Waals surface area contributed by atoms with Gasteiger partial charge >= 0.3 is 13.6 Å². The summed E-state index contributed by atoms with van der Waals surface area (Å²) in [5.41, 5.74) is 0.808. The summed E-state index contributed by atoms with van der Waals surface area (Å²) in [4.78, 5) is 64.0. The SMILES string of the molecule is C#CC(C)Oc1cc(N2C(=O)C3=C(CCCC3)C2=O)c(F)cc1Cl.CCNc1nc(Cl)nc(NCC)n1.O=C(O)CNCP(=O)(O)O. The van der Waals surface area contributed by atoms with E-state index < -0.39 is 50.1 Å². The Morgan fingerprint density at radius 1 is 1.09 bits per heavy atom. The van der Waals surface area contributed by atoms with Gasteiger partial charge in [-0.05, 0) is 64.1 Å². The largest absolute Gasteiger partial charge is 0.480 e. The van der Waals surface area contributed by atoms with E-state index in [4.69, 9.17) is 49.3 Å². The number of nitrogens with zero attached hydrogens (tertiary/aromatic N) is 4. The lowest BCUT2D eigenvalue weighted by Gasteiger charge is -2.19. The Balaban J connectivity index is 0.000000281. The zero-order valence-corrected chi connectivity index (χ0v) is 28.1. The number of hydrogen-bond donors (Lipinski definition) is 6. The first-order chi connectivity index (χ1) is 22.1. The van der Waals surface area contributed by atoms with Crippen LogP contribution < -0.4 is 25.6 Å². The summed E-state index contributed by atoms with van der Waals surface area (Å²) in [5.74, 6) is 0.659. The molecule has 0 fully saturated rings. The maximum absolute atomic E-state index is 14.4. The van der Waals surface area contributed by atoms with Crippen molar-refractivity contribution >= 4 is 66.2 Å². The van der Waals surface area contributed by atoms with Gasteiger partial charge in [0.1, 0.15) is 11.6 Å². The van der Waals surface area contributed by atoms with Crippen LogP contribution >= 0.6 is 30.8 Å². The van der Waals surface area contributed by atoms with Gasteiger partial charge < -0.3 is 30.3 Å². The van der Waals surface area contributed by atoms with Gasteiger partial charge in [-0.2, -0.15) is 15.0 Å². The number of amides is 2. The van der Waals surface area contributed by atoms with Crippen LogP contribution in [0.4, 0.5) is 22.0 Å². The number of anilines is 3. The van der Waals surface area contributed by atoms with E-state index >= 15 is 0 Å². The van der Waals surface area contributed by atoms with Gasteiger partial charge in [-0.25, -0.2) is 9.29 Å². The van der Waals surface area contributed by atoms with Gasteiger partial charge in [-0.15, -0.1) is 6.42 Å². The Bertz CT molecular complexity index is 1530. The molecule has 1 aliphatic heterocycles. The summed E-state index contributed by atoms with van der Waals surface area (Å²) >= 11 is 11.7. The number of rotatable bonds is 11. The van der Waals surface area contributed by atoms with E-state index in [1.807, 2.05) is 13.8 Å². The molecule has 1 unspecified atom stereocenters. The molecule has 4 rings (SSSR count). The molecule has 2 amide bonds. The van der Waals surface area contributed by atoms with Crippen molar-refractivity contribution in [2.45, 2.75) is 52.6 Å². The van der Waals surface area contributed by atoms with Crippen molar-refractivity contribution in [3.05, 3.63) is 39.4 Å². The van der Waals surface area contributed by atoms with E-state index in [0.29, 0.717) is 35.9 Å². The fraction of sp³-hybridized carbons (Fsp3) is 0.429. The normalized spacial score (nSPS) is 14.6. The first kappa shape index (κ1) is 39.3. The Morgan fingerprint density at radius 2 is 1.62 bits per heavy atom. The van der Waals surface area contributed by atoms with Crippen LogP contribution in [0.5, 0.6) is 5.75 Å². The van der Waals surface area contributed by atoms with Crippen molar-refractivity contribution < 1.29 is 43.0 Å². The number of carboxylic acids is 1. The Kier molecular flexibility index (Phi) is 15.5. The number of nitrogens with one attached hydrogen (secondary N) is 3. The summed E-state index contributed by atoms with van der Waals surface area (Å²) in [6.07, 6.45) is 6.87. The van der Waals surface area contributed by atoms with Gasteiger partial charge in [0.05, 0.1) is 23.5 Å². The molecule has 1 aliphatic carbocycles. The van der Waals surface area contributed by atoms with Gasteiger partial charge in [-0.1, -0.05) is 17.5 Å². The zero-order chi connectivity index (χ0) is 35.3. The molecule has 256 valence electrons. The molecule has 1 atom stereocenters. The topological polar surface area (TPSA) is 216 Å². The number of benzene rings is 1. The first-order valence-corrected chi connectivity index (χ1v) is 16.8. The summed E-state index contributed by atoms with van der Waals surface area (Å²) in [6, 6.07) is 2.27. The number of carboxylic acid groups (broad SMARTS) is 1. The number of halogens is 3. The molecule has 1 aromatic carbocycles.